The minimum atomic E-state index is -1.31. The van der Waals surface area contributed by atoms with Crippen molar-refractivity contribution in [2.45, 2.75) is 25.7 Å². The normalized spacial score (nSPS) is 29.0. The second-order valence-electron chi connectivity index (χ2n) is 12.2. The third-order valence-electron chi connectivity index (χ3n) is 10.0. The molecule has 4 amide bonds. The van der Waals surface area contributed by atoms with Crippen LogP contribution in [0.2, 0.25) is 5.02 Å². The highest BCUT2D eigenvalue weighted by Gasteiger charge is 2.68. The van der Waals surface area contributed by atoms with Crippen LogP contribution in [0.15, 0.2) is 84.4 Å². The van der Waals surface area contributed by atoms with Crippen LogP contribution < -0.4 is 14.5 Å². The third kappa shape index (κ3) is 4.28. The van der Waals surface area contributed by atoms with Gasteiger partial charge in [0.1, 0.15) is 18.2 Å². The maximum Gasteiger partial charge on any atom is 0.241 e. The average Bonchev–Trinajstić information content (AvgIpc) is 3.41. The van der Waals surface area contributed by atoms with Crippen molar-refractivity contribution >= 4 is 46.6 Å². The molecule has 3 aromatic carbocycles. The van der Waals surface area contributed by atoms with E-state index < -0.39 is 52.6 Å². The number of aliphatic hydroxyl groups is 1. The molecule has 2 saturated heterocycles. The van der Waals surface area contributed by atoms with E-state index in [1.807, 2.05) is 24.3 Å². The van der Waals surface area contributed by atoms with Gasteiger partial charge in [0.05, 0.1) is 46.2 Å². The highest BCUT2D eigenvalue weighted by atomic mass is 35.5. The lowest BCUT2D eigenvalue weighted by Gasteiger charge is -2.49. The van der Waals surface area contributed by atoms with Gasteiger partial charge in [0, 0.05) is 11.5 Å². The van der Waals surface area contributed by atoms with Crippen LogP contribution in [-0.2, 0) is 19.2 Å². The maximum atomic E-state index is 14.6. The Hall–Kier alpha value is -4.34. The summed E-state index contributed by atoms with van der Waals surface area (Å²) in [6.07, 6.45) is 2.45. The van der Waals surface area contributed by atoms with Gasteiger partial charge in [0.15, 0.2) is 0 Å². The fraction of sp³-hybridized carbons (Fsp3) is 0.314. The van der Waals surface area contributed by atoms with E-state index in [0.717, 1.165) is 16.5 Å². The second kappa shape index (κ2) is 10.9. The molecule has 0 unspecified atom stereocenters. The molecule has 2 aliphatic carbocycles. The summed E-state index contributed by atoms with van der Waals surface area (Å²) in [6, 6.07) is 19.7. The van der Waals surface area contributed by atoms with Crippen molar-refractivity contribution < 1.29 is 33.4 Å². The zero-order valence-electron chi connectivity index (χ0n) is 24.4. The van der Waals surface area contributed by atoms with Gasteiger partial charge in [-0.15, -0.1) is 0 Å². The fourth-order valence-electron chi connectivity index (χ4n) is 8.07. The monoisotopic (exact) mass is 628 g/mol. The van der Waals surface area contributed by atoms with E-state index in [2.05, 4.69) is 0 Å². The zero-order valence-corrected chi connectivity index (χ0v) is 25.1. The smallest absolute Gasteiger partial charge is 0.241 e. The Balaban J connectivity index is 1.38. The summed E-state index contributed by atoms with van der Waals surface area (Å²) in [6.45, 7) is 1.55. The highest BCUT2D eigenvalue weighted by molar-refractivity contribution is 6.32. The Morgan fingerprint density at radius 1 is 0.911 bits per heavy atom. The molecule has 0 aromatic heterocycles. The van der Waals surface area contributed by atoms with Gasteiger partial charge in [0.25, 0.3) is 0 Å². The van der Waals surface area contributed by atoms with Gasteiger partial charge in [-0.1, -0.05) is 59.6 Å². The average molecular weight is 629 g/mol. The number of halogens is 2. The Labute approximate surface area is 264 Å². The standard InChI is InChI=1S/C35H30ClFN2O6/c1-35-25(32(42)39(34(35)44)20-11-14-27(37)26(36)17-20)18-24-21(30(35)22-9-5-6-10-28(22)45-16-15-40)12-13-23-29(24)33(43)38(31(23)41)19-7-3-2-4-8-19/h2-12,14,17,23-25,29-30,40H,13,15-16,18H2,1H3/t23-,24+,25-,29-,30+,35+/m0/s1. The van der Waals surface area contributed by atoms with Crippen LogP contribution in [0.3, 0.4) is 0 Å². The van der Waals surface area contributed by atoms with E-state index in [1.165, 1.54) is 17.0 Å². The van der Waals surface area contributed by atoms with Gasteiger partial charge in [-0.3, -0.25) is 24.1 Å². The number of hydrogen-bond donors (Lipinski definition) is 1. The Bertz CT molecular complexity index is 1780. The van der Waals surface area contributed by atoms with Crippen molar-refractivity contribution in [3.8, 4) is 5.75 Å². The molecular weight excluding hydrogens is 599 g/mol. The molecule has 7 rings (SSSR count). The van der Waals surface area contributed by atoms with Crippen molar-refractivity contribution in [1.82, 2.24) is 0 Å². The van der Waals surface area contributed by atoms with Crippen LogP contribution in [0.1, 0.15) is 31.2 Å². The van der Waals surface area contributed by atoms with Gasteiger partial charge in [-0.05, 0) is 62.1 Å². The third-order valence-corrected chi connectivity index (χ3v) is 10.3. The Kier molecular flexibility index (Phi) is 7.13. The number of ether oxygens (including phenoxy) is 1. The van der Waals surface area contributed by atoms with Crippen molar-refractivity contribution in [3.63, 3.8) is 0 Å². The molecule has 6 atom stereocenters. The number of nitrogens with zero attached hydrogens (tertiary/aromatic N) is 2. The van der Waals surface area contributed by atoms with Crippen LogP contribution in [0.5, 0.6) is 5.75 Å². The van der Waals surface area contributed by atoms with Gasteiger partial charge in [0.2, 0.25) is 23.6 Å². The van der Waals surface area contributed by atoms with Crippen LogP contribution in [-0.4, -0.2) is 41.9 Å². The van der Waals surface area contributed by atoms with Gasteiger partial charge in [-0.25, -0.2) is 9.29 Å². The predicted octanol–water partition coefficient (Wildman–Crippen LogP) is 5.29. The fourth-order valence-corrected chi connectivity index (χ4v) is 8.24. The van der Waals surface area contributed by atoms with Crippen LogP contribution in [0, 0.1) is 34.9 Å². The van der Waals surface area contributed by atoms with Crippen molar-refractivity contribution in [1.29, 1.82) is 0 Å². The quantitative estimate of drug-likeness (QED) is 0.294. The molecule has 2 aliphatic heterocycles. The molecule has 0 spiro atoms. The second-order valence-corrected chi connectivity index (χ2v) is 12.6. The predicted molar refractivity (Wildman–Crippen MR) is 164 cm³/mol. The molecule has 3 fully saturated rings. The number of para-hydroxylation sites is 2. The summed E-state index contributed by atoms with van der Waals surface area (Å²) in [7, 11) is 0. The molecule has 230 valence electrons. The molecule has 8 nitrogen and oxygen atoms in total. The van der Waals surface area contributed by atoms with E-state index in [-0.39, 0.29) is 42.2 Å². The van der Waals surface area contributed by atoms with E-state index in [9.17, 15) is 28.7 Å². The number of rotatable bonds is 6. The number of carbonyl (C=O) groups excluding carboxylic acids is 4. The van der Waals surface area contributed by atoms with Crippen LogP contribution in [0.25, 0.3) is 0 Å². The lowest BCUT2D eigenvalue weighted by molar-refractivity contribution is -0.131. The SMILES string of the molecule is C[C@@]12C(=O)N(c3ccc(F)c(Cl)c3)C(=O)[C@@H]1C[C@@H]1C(=CC[C@@H]3C(=O)N(c4ccccc4)C(=O)[C@@H]31)[C@@H]2c1ccccc1OCCO. The van der Waals surface area contributed by atoms with E-state index in [0.29, 0.717) is 23.4 Å². The highest BCUT2D eigenvalue weighted by Crippen LogP contribution is 2.64. The lowest BCUT2D eigenvalue weighted by atomic mass is 9.51. The van der Waals surface area contributed by atoms with Crippen molar-refractivity contribution in [2.75, 3.05) is 23.0 Å². The molecule has 1 saturated carbocycles. The minimum absolute atomic E-state index is 0.0170. The van der Waals surface area contributed by atoms with Gasteiger partial charge < -0.3 is 9.84 Å². The number of benzene rings is 3. The first-order valence-corrected chi connectivity index (χ1v) is 15.3. The number of aliphatic hydroxyl groups excluding tert-OH is 1. The van der Waals surface area contributed by atoms with E-state index in [4.69, 9.17) is 16.3 Å². The largest absolute Gasteiger partial charge is 0.491 e. The number of fused-ring (bicyclic) bond motifs is 4. The summed E-state index contributed by atoms with van der Waals surface area (Å²) in [4.78, 5) is 59.1. The molecular formula is C35H30ClFN2O6. The minimum Gasteiger partial charge on any atom is -0.491 e. The summed E-state index contributed by atoms with van der Waals surface area (Å²) < 4.78 is 20.0. The van der Waals surface area contributed by atoms with Crippen molar-refractivity contribution in [2.24, 2.45) is 29.1 Å². The topological polar surface area (TPSA) is 104 Å². The van der Waals surface area contributed by atoms with Crippen LogP contribution in [0.4, 0.5) is 15.8 Å². The summed E-state index contributed by atoms with van der Waals surface area (Å²) in [5.41, 5.74) is 0.801. The van der Waals surface area contributed by atoms with Crippen molar-refractivity contribution in [3.05, 3.63) is 101 Å². The summed E-state index contributed by atoms with van der Waals surface area (Å²) >= 11 is 6.08. The molecule has 0 radical (unpaired) electrons. The molecule has 10 heteroatoms. The number of amides is 4. The summed E-state index contributed by atoms with van der Waals surface area (Å²) in [5.74, 6) is -5.14. The first-order valence-electron chi connectivity index (χ1n) is 15.0. The lowest BCUT2D eigenvalue weighted by Crippen LogP contribution is -2.49. The number of hydrogen-bond acceptors (Lipinski definition) is 6. The van der Waals surface area contributed by atoms with Gasteiger partial charge >= 0.3 is 0 Å². The molecule has 3 aromatic rings. The summed E-state index contributed by atoms with van der Waals surface area (Å²) in [5, 5.41) is 9.30. The molecule has 45 heavy (non-hydrogen) atoms. The molecule has 2 heterocycles. The molecule has 0 bridgehead atoms. The Morgan fingerprint density at radius 2 is 1.64 bits per heavy atom. The van der Waals surface area contributed by atoms with Crippen LogP contribution >= 0.6 is 11.6 Å². The maximum absolute atomic E-state index is 14.6. The number of anilines is 2. The van der Waals surface area contributed by atoms with Gasteiger partial charge in [-0.2, -0.15) is 0 Å². The zero-order chi connectivity index (χ0) is 31.6. The molecule has 4 aliphatic rings. The first kappa shape index (κ1) is 29.4. The van der Waals surface area contributed by atoms with E-state index >= 15 is 0 Å². The number of allylic oxidation sites excluding steroid dienone is 2. The van der Waals surface area contributed by atoms with E-state index in [1.54, 1.807) is 43.3 Å². The molecule has 1 N–H and O–H groups in total. The number of imide groups is 2. The first-order chi connectivity index (χ1) is 21.7. The Morgan fingerprint density at radius 3 is 2.38 bits per heavy atom. The number of carbonyl (C=O) groups is 4.